The van der Waals surface area contributed by atoms with Crippen LogP contribution in [0.3, 0.4) is 0 Å². The lowest BCUT2D eigenvalue weighted by Gasteiger charge is -2.22. The number of aromatic nitrogens is 2. The molecule has 1 fully saturated rings. The van der Waals surface area contributed by atoms with Gasteiger partial charge in [0.05, 0.1) is 23.7 Å². The summed E-state index contributed by atoms with van der Waals surface area (Å²) >= 11 is 0. The molecule has 0 radical (unpaired) electrons. The number of hydrogen-bond donors (Lipinski definition) is 1. The maximum Gasteiger partial charge on any atom is 0.317 e. The molecule has 0 spiro atoms. The first kappa shape index (κ1) is 18.3. The van der Waals surface area contributed by atoms with E-state index in [-0.39, 0.29) is 23.9 Å². The average molecular weight is 380 g/mol. The van der Waals surface area contributed by atoms with E-state index in [0.717, 1.165) is 5.56 Å². The van der Waals surface area contributed by atoms with E-state index in [2.05, 4.69) is 15.5 Å². The Morgan fingerprint density at radius 2 is 2.04 bits per heavy atom. The Bertz CT molecular complexity index is 868. The van der Waals surface area contributed by atoms with Gasteiger partial charge >= 0.3 is 6.03 Å². The quantitative estimate of drug-likeness (QED) is 0.811. The van der Waals surface area contributed by atoms with Gasteiger partial charge in [-0.3, -0.25) is 0 Å². The maximum absolute atomic E-state index is 12.3. The Kier molecular flexibility index (Phi) is 5.23. The Morgan fingerprint density at radius 1 is 1.31 bits per heavy atom. The van der Waals surface area contributed by atoms with Gasteiger partial charge in [-0.25, -0.2) is 13.2 Å². The molecular formula is C16H20N4O5S. The second-order valence-corrected chi connectivity index (χ2v) is 8.28. The van der Waals surface area contributed by atoms with Crippen LogP contribution in [0.4, 0.5) is 4.79 Å². The van der Waals surface area contributed by atoms with E-state index in [4.69, 9.17) is 9.15 Å². The number of nitrogens with zero attached hydrogens (tertiary/aromatic N) is 3. The smallest absolute Gasteiger partial charge is 0.317 e. The number of ether oxygens (including phenoxy) is 1. The zero-order valence-corrected chi connectivity index (χ0v) is 15.3. The van der Waals surface area contributed by atoms with Crippen molar-refractivity contribution in [2.24, 2.45) is 0 Å². The lowest BCUT2D eigenvalue weighted by molar-refractivity contribution is 0.0982. The number of rotatable bonds is 5. The highest BCUT2D eigenvalue weighted by molar-refractivity contribution is 7.91. The maximum atomic E-state index is 12.3. The average Bonchev–Trinajstić information content (AvgIpc) is 3.19. The summed E-state index contributed by atoms with van der Waals surface area (Å²) in [5.41, 5.74) is 0.789. The largest absolute Gasteiger partial charge is 0.419 e. The molecule has 140 valence electrons. The first-order valence-corrected chi connectivity index (χ1v) is 9.83. The molecule has 2 amide bonds. The fourth-order valence-electron chi connectivity index (χ4n) is 2.74. The molecular weight excluding hydrogens is 360 g/mol. The van der Waals surface area contributed by atoms with Gasteiger partial charge in [0, 0.05) is 19.7 Å². The predicted molar refractivity (Wildman–Crippen MR) is 93.0 cm³/mol. The number of hydrogen-bond acceptors (Lipinski definition) is 7. The second-order valence-electron chi connectivity index (χ2n) is 6.13. The van der Waals surface area contributed by atoms with E-state index in [9.17, 15) is 13.2 Å². The van der Waals surface area contributed by atoms with Crippen LogP contribution in [-0.2, 0) is 21.1 Å². The predicted octanol–water partition coefficient (Wildman–Crippen LogP) is 0.690. The molecule has 1 N–H and O–H groups in total. The summed E-state index contributed by atoms with van der Waals surface area (Å²) in [5, 5.41) is 10.6. The zero-order chi connectivity index (χ0) is 18.7. The molecule has 0 unspecified atom stereocenters. The summed E-state index contributed by atoms with van der Waals surface area (Å²) in [5.74, 6) is 0.422. The van der Waals surface area contributed by atoms with Crippen molar-refractivity contribution in [3.8, 4) is 11.5 Å². The number of methoxy groups -OCH3 is 1. The van der Waals surface area contributed by atoms with Gasteiger partial charge in [-0.15, -0.1) is 10.2 Å². The summed E-state index contributed by atoms with van der Waals surface area (Å²) in [7, 11) is -0.222. The third-order valence-corrected chi connectivity index (χ3v) is 5.82. The molecule has 1 saturated heterocycles. The zero-order valence-electron chi connectivity index (χ0n) is 14.5. The van der Waals surface area contributed by atoms with Crippen LogP contribution in [0.2, 0.25) is 0 Å². The van der Waals surface area contributed by atoms with Crippen molar-refractivity contribution in [3.63, 3.8) is 0 Å². The fraction of sp³-hybridized carbons (Fsp3) is 0.438. The molecule has 2 heterocycles. The Morgan fingerprint density at radius 3 is 2.73 bits per heavy atom. The van der Waals surface area contributed by atoms with Gasteiger partial charge in [0.25, 0.3) is 0 Å². The molecule has 3 rings (SSSR count). The van der Waals surface area contributed by atoms with E-state index in [1.54, 1.807) is 7.05 Å². The molecule has 1 aromatic carbocycles. The third-order valence-electron chi connectivity index (χ3n) is 4.12. The van der Waals surface area contributed by atoms with Gasteiger partial charge in [-0.1, -0.05) is 18.2 Å². The van der Waals surface area contributed by atoms with Crippen molar-refractivity contribution >= 4 is 15.9 Å². The number of urea groups is 1. The molecule has 10 heteroatoms. The fourth-order valence-corrected chi connectivity index (χ4v) is 4.59. The summed E-state index contributed by atoms with van der Waals surface area (Å²) in [6.45, 7) is 0.1000. The summed E-state index contributed by atoms with van der Waals surface area (Å²) in [6, 6.07) is 8.28. The van der Waals surface area contributed by atoms with E-state index in [0.29, 0.717) is 5.89 Å². The summed E-state index contributed by atoms with van der Waals surface area (Å²) in [4.78, 5) is 13.7. The Balaban J connectivity index is 1.60. The molecule has 2 aromatic rings. The molecule has 0 aliphatic carbocycles. The highest BCUT2D eigenvalue weighted by Crippen LogP contribution is 2.18. The SMILES string of the molecule is CO[C@@H]1CS(=O)(=O)C[C@H]1NC(=O)N(C)Cc1nnc(-c2ccccc2)o1. The number of carbonyl (C=O) groups excluding carboxylic acids is 1. The topological polar surface area (TPSA) is 115 Å². The van der Waals surface area contributed by atoms with Crippen LogP contribution in [0.25, 0.3) is 11.5 Å². The van der Waals surface area contributed by atoms with Gasteiger partial charge in [0.15, 0.2) is 9.84 Å². The lowest BCUT2D eigenvalue weighted by Crippen LogP contribution is -2.48. The van der Waals surface area contributed by atoms with Crippen molar-refractivity contribution in [3.05, 3.63) is 36.2 Å². The van der Waals surface area contributed by atoms with Crippen LogP contribution in [0.1, 0.15) is 5.89 Å². The van der Waals surface area contributed by atoms with E-state index in [1.807, 2.05) is 30.3 Å². The lowest BCUT2D eigenvalue weighted by atomic mass is 10.2. The van der Waals surface area contributed by atoms with Gasteiger partial charge in [0.1, 0.15) is 6.54 Å². The second kappa shape index (κ2) is 7.42. The van der Waals surface area contributed by atoms with Crippen molar-refractivity contribution in [2.75, 3.05) is 25.7 Å². The Labute approximate surface area is 151 Å². The first-order chi connectivity index (χ1) is 12.4. The number of nitrogens with one attached hydrogen (secondary N) is 1. The standard InChI is InChI=1S/C16H20N4O5S/c1-20(16(21)17-12-9-26(22,23)10-13(12)24-2)8-14-18-19-15(25-14)11-6-4-3-5-7-11/h3-7,12-13H,8-10H2,1-2H3,(H,17,21)/t12-,13-/m1/s1. The van der Waals surface area contributed by atoms with Crippen LogP contribution >= 0.6 is 0 Å². The minimum absolute atomic E-state index is 0.0950. The minimum atomic E-state index is -3.21. The van der Waals surface area contributed by atoms with Crippen LogP contribution in [0.15, 0.2) is 34.7 Å². The minimum Gasteiger partial charge on any atom is -0.419 e. The number of sulfone groups is 1. The molecule has 0 bridgehead atoms. The molecule has 1 aliphatic rings. The third kappa shape index (κ3) is 4.20. The summed E-state index contributed by atoms with van der Waals surface area (Å²) < 4.78 is 34.2. The van der Waals surface area contributed by atoms with E-state index in [1.165, 1.54) is 12.0 Å². The number of amides is 2. The van der Waals surface area contributed by atoms with Gasteiger partial charge < -0.3 is 19.4 Å². The molecule has 26 heavy (non-hydrogen) atoms. The molecule has 1 aromatic heterocycles. The van der Waals surface area contributed by atoms with Crippen molar-refractivity contribution < 1.29 is 22.4 Å². The molecule has 2 atom stereocenters. The van der Waals surface area contributed by atoms with E-state index >= 15 is 0 Å². The van der Waals surface area contributed by atoms with Crippen molar-refractivity contribution in [2.45, 2.75) is 18.7 Å². The monoisotopic (exact) mass is 380 g/mol. The van der Waals surface area contributed by atoms with Crippen molar-refractivity contribution in [1.82, 2.24) is 20.4 Å². The normalized spacial score (nSPS) is 21.5. The van der Waals surface area contributed by atoms with Crippen LogP contribution in [0, 0.1) is 0 Å². The highest BCUT2D eigenvalue weighted by Gasteiger charge is 2.39. The molecule has 9 nitrogen and oxygen atoms in total. The van der Waals surface area contributed by atoms with Gasteiger partial charge in [-0.05, 0) is 12.1 Å². The van der Waals surface area contributed by atoms with Crippen molar-refractivity contribution in [1.29, 1.82) is 0 Å². The summed E-state index contributed by atoms with van der Waals surface area (Å²) in [6.07, 6.45) is -0.551. The number of carbonyl (C=O) groups is 1. The van der Waals surface area contributed by atoms with Gasteiger partial charge in [0.2, 0.25) is 11.8 Å². The van der Waals surface area contributed by atoms with E-state index < -0.39 is 28.0 Å². The highest BCUT2D eigenvalue weighted by atomic mass is 32.2. The molecule has 0 saturated carbocycles. The Hall–Kier alpha value is -2.46. The van der Waals surface area contributed by atoms with Crippen LogP contribution < -0.4 is 5.32 Å². The van der Waals surface area contributed by atoms with Gasteiger partial charge in [-0.2, -0.15) is 0 Å². The first-order valence-electron chi connectivity index (χ1n) is 8.00. The van der Waals surface area contributed by atoms with Crippen LogP contribution in [-0.4, -0.2) is 67.4 Å². The number of benzene rings is 1. The molecule has 1 aliphatic heterocycles. The van der Waals surface area contributed by atoms with Crippen LogP contribution in [0.5, 0.6) is 0 Å².